The first kappa shape index (κ1) is 17.2. The molecule has 9 heteroatoms. The van der Waals surface area contributed by atoms with Crippen molar-refractivity contribution in [1.82, 2.24) is 29.9 Å². The van der Waals surface area contributed by atoms with Crippen molar-refractivity contribution in [2.45, 2.75) is 25.8 Å². The number of fused-ring (bicyclic) bond motifs is 1. The van der Waals surface area contributed by atoms with Gasteiger partial charge < -0.3 is 0 Å². The minimum Gasteiger partial charge on any atom is -0.262 e. The highest BCUT2D eigenvalue weighted by Gasteiger charge is 2.25. The number of H-pyrrole nitrogens is 1. The Kier molecular flexibility index (Phi) is 4.14. The van der Waals surface area contributed by atoms with E-state index in [-0.39, 0.29) is 24.0 Å². The maximum Gasteiger partial charge on any atom is 0.252 e. The summed E-state index contributed by atoms with van der Waals surface area (Å²) in [5, 5.41) is 11.7. The van der Waals surface area contributed by atoms with Crippen LogP contribution in [0.4, 0.5) is 13.2 Å². The van der Waals surface area contributed by atoms with E-state index in [0.29, 0.717) is 22.3 Å². The second-order valence-electron chi connectivity index (χ2n) is 6.32. The Balaban J connectivity index is 1.75. The van der Waals surface area contributed by atoms with E-state index in [4.69, 9.17) is 0 Å². The van der Waals surface area contributed by atoms with Gasteiger partial charge in [-0.2, -0.15) is 10.2 Å². The molecule has 0 aliphatic carbocycles. The molecule has 0 fully saturated rings. The summed E-state index contributed by atoms with van der Waals surface area (Å²) in [5.41, 5.74) is 1.39. The van der Waals surface area contributed by atoms with Gasteiger partial charge in [-0.25, -0.2) is 27.8 Å². The van der Waals surface area contributed by atoms with E-state index < -0.39 is 12.3 Å². The summed E-state index contributed by atoms with van der Waals surface area (Å²) in [6.07, 6.45) is 1.05. The number of benzene rings is 1. The maximum absolute atomic E-state index is 14.0. The summed E-state index contributed by atoms with van der Waals surface area (Å²) in [6.45, 7) is 0.988. The van der Waals surface area contributed by atoms with Gasteiger partial charge in [0.15, 0.2) is 5.65 Å². The first-order valence-corrected chi connectivity index (χ1v) is 8.25. The molecule has 0 saturated heterocycles. The summed E-state index contributed by atoms with van der Waals surface area (Å²) in [4.78, 5) is 8.44. The van der Waals surface area contributed by atoms with E-state index in [2.05, 4.69) is 25.3 Å². The first-order chi connectivity index (χ1) is 12.9. The highest BCUT2D eigenvalue weighted by molar-refractivity contribution is 5.89. The molecule has 0 spiro atoms. The van der Waals surface area contributed by atoms with Gasteiger partial charge in [0.05, 0.1) is 18.4 Å². The second-order valence-corrected chi connectivity index (χ2v) is 6.32. The molecule has 1 N–H and O–H groups in total. The molecule has 4 aromatic rings. The zero-order valence-electron chi connectivity index (χ0n) is 14.3. The number of nitrogens with zero attached hydrogens (tertiary/aromatic N) is 5. The van der Waals surface area contributed by atoms with Gasteiger partial charge in [-0.05, 0) is 25.1 Å². The van der Waals surface area contributed by atoms with Crippen molar-refractivity contribution in [2.24, 2.45) is 0 Å². The molecule has 138 valence electrons. The van der Waals surface area contributed by atoms with Gasteiger partial charge in [-0.3, -0.25) is 5.10 Å². The van der Waals surface area contributed by atoms with Crippen molar-refractivity contribution >= 4 is 11.0 Å². The fourth-order valence-corrected chi connectivity index (χ4v) is 2.85. The third-order valence-corrected chi connectivity index (χ3v) is 4.01. The lowest BCUT2D eigenvalue weighted by molar-refractivity contribution is 0.0207. The summed E-state index contributed by atoms with van der Waals surface area (Å²) < 4.78 is 42.0. The van der Waals surface area contributed by atoms with Gasteiger partial charge in [-0.1, -0.05) is 18.2 Å². The van der Waals surface area contributed by atoms with Crippen LogP contribution in [-0.4, -0.2) is 35.9 Å². The van der Waals surface area contributed by atoms with Crippen LogP contribution in [0.25, 0.3) is 22.6 Å². The zero-order chi connectivity index (χ0) is 19.0. The van der Waals surface area contributed by atoms with Crippen LogP contribution in [0.1, 0.15) is 18.3 Å². The average Bonchev–Trinajstić information content (AvgIpc) is 3.20. The SMILES string of the molecule is CC(F)(F)Cc1nc(-c2nn(Cc3ccccc3F)c3ncccc23)n[nH]1. The molecule has 0 saturated carbocycles. The number of hydrogen-bond acceptors (Lipinski definition) is 4. The van der Waals surface area contributed by atoms with Crippen LogP contribution in [0.3, 0.4) is 0 Å². The third-order valence-electron chi connectivity index (χ3n) is 4.01. The molecule has 0 aliphatic rings. The van der Waals surface area contributed by atoms with Crippen LogP contribution in [0, 0.1) is 5.82 Å². The van der Waals surface area contributed by atoms with E-state index in [9.17, 15) is 13.2 Å². The van der Waals surface area contributed by atoms with Crippen LogP contribution in [0.15, 0.2) is 42.6 Å². The molecule has 27 heavy (non-hydrogen) atoms. The van der Waals surface area contributed by atoms with E-state index >= 15 is 0 Å². The average molecular weight is 372 g/mol. The Hall–Kier alpha value is -3.23. The van der Waals surface area contributed by atoms with Gasteiger partial charge in [-0.15, -0.1) is 0 Å². The smallest absolute Gasteiger partial charge is 0.252 e. The number of nitrogens with one attached hydrogen (secondary N) is 1. The van der Waals surface area contributed by atoms with Crippen molar-refractivity contribution in [1.29, 1.82) is 0 Å². The number of aromatic amines is 1. The van der Waals surface area contributed by atoms with Crippen molar-refractivity contribution in [3.8, 4) is 11.5 Å². The van der Waals surface area contributed by atoms with E-state index in [1.807, 2.05) is 0 Å². The molecule has 3 aromatic heterocycles. The highest BCUT2D eigenvalue weighted by atomic mass is 19.3. The molecule has 0 bridgehead atoms. The van der Waals surface area contributed by atoms with Gasteiger partial charge in [0.1, 0.15) is 17.3 Å². The lowest BCUT2D eigenvalue weighted by atomic mass is 10.2. The first-order valence-electron chi connectivity index (χ1n) is 8.25. The van der Waals surface area contributed by atoms with Crippen LogP contribution in [-0.2, 0) is 13.0 Å². The Labute approximate surface area is 152 Å². The maximum atomic E-state index is 14.0. The van der Waals surface area contributed by atoms with E-state index in [1.165, 1.54) is 6.07 Å². The zero-order valence-corrected chi connectivity index (χ0v) is 14.3. The van der Waals surface area contributed by atoms with Crippen molar-refractivity contribution in [2.75, 3.05) is 0 Å². The fraction of sp³-hybridized carbons (Fsp3) is 0.222. The van der Waals surface area contributed by atoms with E-state index in [0.717, 1.165) is 6.92 Å². The van der Waals surface area contributed by atoms with Crippen LogP contribution >= 0.6 is 0 Å². The predicted molar refractivity (Wildman–Crippen MR) is 92.7 cm³/mol. The van der Waals surface area contributed by atoms with Gasteiger partial charge >= 0.3 is 0 Å². The van der Waals surface area contributed by atoms with Crippen LogP contribution in [0.2, 0.25) is 0 Å². The molecule has 1 aromatic carbocycles. The monoisotopic (exact) mass is 372 g/mol. The molecule has 0 atom stereocenters. The number of alkyl halides is 2. The Morgan fingerprint density at radius 3 is 2.74 bits per heavy atom. The molecule has 0 unspecified atom stereocenters. The lowest BCUT2D eigenvalue weighted by Gasteiger charge is -2.05. The molecular formula is C18H15F3N6. The topological polar surface area (TPSA) is 72.3 Å². The number of halogens is 3. The summed E-state index contributed by atoms with van der Waals surface area (Å²) in [6, 6.07) is 9.91. The fourth-order valence-electron chi connectivity index (χ4n) is 2.85. The van der Waals surface area contributed by atoms with Crippen LogP contribution < -0.4 is 0 Å². The number of pyridine rings is 1. The Bertz CT molecular complexity index is 1100. The number of rotatable bonds is 5. The minimum atomic E-state index is -2.90. The van der Waals surface area contributed by atoms with E-state index in [1.54, 1.807) is 41.2 Å². The number of hydrogen-bond donors (Lipinski definition) is 1. The van der Waals surface area contributed by atoms with Crippen LogP contribution in [0.5, 0.6) is 0 Å². The van der Waals surface area contributed by atoms with Gasteiger partial charge in [0.25, 0.3) is 5.92 Å². The summed E-state index contributed by atoms with van der Waals surface area (Å²) in [7, 11) is 0. The van der Waals surface area contributed by atoms with Gasteiger partial charge in [0, 0.05) is 11.8 Å². The molecule has 0 amide bonds. The highest BCUT2D eigenvalue weighted by Crippen LogP contribution is 2.26. The lowest BCUT2D eigenvalue weighted by Crippen LogP contribution is -2.14. The Morgan fingerprint density at radius 1 is 1.15 bits per heavy atom. The molecule has 4 rings (SSSR count). The minimum absolute atomic E-state index is 0.0678. The quantitative estimate of drug-likeness (QED) is 0.581. The standard InChI is InChI=1S/C18H15F3N6/c1-18(20,21)9-14-23-16(25-24-14)15-12-6-4-8-22-17(12)27(26-15)10-11-5-2-3-7-13(11)19/h2-8H,9-10H2,1H3,(H,23,24,25). The molecule has 6 nitrogen and oxygen atoms in total. The summed E-state index contributed by atoms with van der Waals surface area (Å²) in [5.74, 6) is -2.98. The molecule has 0 aliphatic heterocycles. The molecular weight excluding hydrogens is 357 g/mol. The largest absolute Gasteiger partial charge is 0.262 e. The number of aromatic nitrogens is 6. The second kappa shape index (κ2) is 6.49. The Morgan fingerprint density at radius 2 is 1.96 bits per heavy atom. The van der Waals surface area contributed by atoms with Crippen molar-refractivity contribution in [3.05, 3.63) is 59.8 Å². The molecule has 3 heterocycles. The molecule has 0 radical (unpaired) electrons. The van der Waals surface area contributed by atoms with Crippen molar-refractivity contribution < 1.29 is 13.2 Å². The summed E-state index contributed by atoms with van der Waals surface area (Å²) >= 11 is 0. The van der Waals surface area contributed by atoms with Gasteiger partial charge in [0.2, 0.25) is 5.82 Å². The van der Waals surface area contributed by atoms with Crippen molar-refractivity contribution in [3.63, 3.8) is 0 Å². The third kappa shape index (κ3) is 3.53. The predicted octanol–water partition coefficient (Wildman–Crippen LogP) is 3.60. The normalized spacial score (nSPS) is 12.0.